The van der Waals surface area contributed by atoms with E-state index >= 15 is 0 Å². The topological polar surface area (TPSA) is 50.1 Å². The molecule has 5 rings (SSSR count). The average Bonchev–Trinajstić information content (AvgIpc) is 3.46. The first kappa shape index (κ1) is 19.1. The lowest BCUT2D eigenvalue weighted by Gasteiger charge is -2.35. The van der Waals surface area contributed by atoms with Crippen molar-refractivity contribution in [1.29, 1.82) is 0 Å². The van der Waals surface area contributed by atoms with Gasteiger partial charge in [0.2, 0.25) is 0 Å². The molecule has 1 aliphatic rings. The monoisotopic (exact) mass is 426 g/mol. The Balaban J connectivity index is 1.37. The van der Waals surface area contributed by atoms with Gasteiger partial charge in [0.05, 0.1) is 16.9 Å². The first-order valence-corrected chi connectivity index (χ1v) is 10.6. The maximum Gasteiger partial charge on any atom is 0.319 e. The van der Waals surface area contributed by atoms with Crippen LogP contribution in [0, 0.1) is 0 Å². The van der Waals surface area contributed by atoms with E-state index in [9.17, 15) is 8.78 Å². The molecule has 1 aromatic carbocycles. The maximum absolute atomic E-state index is 13.1. The molecule has 0 unspecified atom stereocenters. The molecule has 0 amide bonds. The van der Waals surface area contributed by atoms with Gasteiger partial charge in [-0.25, -0.2) is 15.0 Å². The Labute approximate surface area is 176 Å². The third-order valence-corrected chi connectivity index (χ3v) is 6.19. The molecule has 0 bridgehead atoms. The van der Waals surface area contributed by atoms with Crippen LogP contribution in [0.4, 0.5) is 14.6 Å². The minimum Gasteiger partial charge on any atom is -0.353 e. The van der Waals surface area contributed by atoms with Crippen molar-refractivity contribution in [3.8, 4) is 10.7 Å². The molecule has 0 radical (unpaired) electrons. The summed E-state index contributed by atoms with van der Waals surface area (Å²) in [6, 6.07) is 12.1. The number of nitrogens with zero attached hydrogens (tertiary/aromatic N) is 6. The predicted octanol–water partition coefficient (Wildman–Crippen LogP) is 4.27. The smallest absolute Gasteiger partial charge is 0.319 e. The number of thiophene rings is 1. The highest BCUT2D eigenvalue weighted by Gasteiger charge is 2.23. The second kappa shape index (κ2) is 8.08. The van der Waals surface area contributed by atoms with Gasteiger partial charge < -0.3 is 4.90 Å². The number of para-hydroxylation sites is 1. The number of piperazine rings is 1. The molecule has 0 spiro atoms. The Hall–Kier alpha value is -2.91. The van der Waals surface area contributed by atoms with Crippen molar-refractivity contribution in [2.24, 2.45) is 0 Å². The lowest BCUT2D eigenvalue weighted by Crippen LogP contribution is -2.46. The molecule has 4 heterocycles. The van der Waals surface area contributed by atoms with E-state index < -0.39 is 6.55 Å². The van der Waals surface area contributed by atoms with Crippen LogP contribution in [-0.2, 0) is 6.54 Å². The van der Waals surface area contributed by atoms with Gasteiger partial charge >= 0.3 is 6.55 Å². The van der Waals surface area contributed by atoms with Gasteiger partial charge in [0.15, 0.2) is 5.82 Å². The SMILES string of the molecule is FC(F)n1ccnc1CN1CCN(c2nc(-c3cccs3)nc3ccccc23)CC1. The number of rotatable bonds is 5. The van der Waals surface area contributed by atoms with Gasteiger partial charge in [0.25, 0.3) is 0 Å². The Morgan fingerprint density at radius 1 is 1.00 bits per heavy atom. The van der Waals surface area contributed by atoms with Gasteiger partial charge in [-0.2, -0.15) is 8.78 Å². The third kappa shape index (κ3) is 3.66. The lowest BCUT2D eigenvalue weighted by molar-refractivity contribution is 0.0637. The largest absolute Gasteiger partial charge is 0.353 e. The fourth-order valence-electron chi connectivity index (χ4n) is 3.78. The normalized spacial score (nSPS) is 15.4. The maximum atomic E-state index is 13.1. The molecular weight excluding hydrogens is 406 g/mol. The third-order valence-electron chi connectivity index (χ3n) is 5.32. The van der Waals surface area contributed by atoms with Crippen LogP contribution in [0.1, 0.15) is 12.4 Å². The fraction of sp³-hybridized carbons (Fsp3) is 0.286. The van der Waals surface area contributed by atoms with E-state index in [4.69, 9.17) is 9.97 Å². The summed E-state index contributed by atoms with van der Waals surface area (Å²) in [5, 5.41) is 3.05. The average molecular weight is 426 g/mol. The quantitative estimate of drug-likeness (QED) is 0.477. The zero-order valence-electron chi connectivity index (χ0n) is 16.2. The van der Waals surface area contributed by atoms with Crippen molar-refractivity contribution in [3.05, 3.63) is 60.0 Å². The summed E-state index contributed by atoms with van der Waals surface area (Å²) >= 11 is 1.62. The van der Waals surface area contributed by atoms with Crippen LogP contribution >= 0.6 is 11.3 Å². The molecule has 154 valence electrons. The lowest BCUT2D eigenvalue weighted by atomic mass is 10.2. The van der Waals surface area contributed by atoms with E-state index in [0.29, 0.717) is 12.4 Å². The van der Waals surface area contributed by atoms with Gasteiger partial charge in [-0.15, -0.1) is 11.3 Å². The number of halogens is 2. The molecule has 9 heteroatoms. The summed E-state index contributed by atoms with van der Waals surface area (Å²) in [4.78, 5) is 19.2. The first-order valence-electron chi connectivity index (χ1n) is 9.77. The number of hydrogen-bond acceptors (Lipinski definition) is 6. The van der Waals surface area contributed by atoms with Gasteiger partial charge in [-0.05, 0) is 23.6 Å². The molecule has 1 saturated heterocycles. The van der Waals surface area contributed by atoms with Crippen LogP contribution in [-0.4, -0.2) is 50.6 Å². The van der Waals surface area contributed by atoms with E-state index in [1.165, 1.54) is 12.4 Å². The van der Waals surface area contributed by atoms with E-state index in [1.807, 2.05) is 35.7 Å². The molecule has 6 nitrogen and oxygen atoms in total. The van der Waals surface area contributed by atoms with E-state index in [-0.39, 0.29) is 0 Å². The molecule has 0 saturated carbocycles. The van der Waals surface area contributed by atoms with Crippen molar-refractivity contribution in [2.75, 3.05) is 31.1 Å². The predicted molar refractivity (Wildman–Crippen MR) is 114 cm³/mol. The van der Waals surface area contributed by atoms with Crippen LogP contribution in [0.15, 0.2) is 54.2 Å². The van der Waals surface area contributed by atoms with Crippen molar-refractivity contribution >= 4 is 28.1 Å². The van der Waals surface area contributed by atoms with E-state index in [0.717, 1.165) is 58.2 Å². The molecule has 3 aromatic heterocycles. The molecule has 0 aliphatic carbocycles. The number of anilines is 1. The van der Waals surface area contributed by atoms with Crippen LogP contribution in [0.25, 0.3) is 21.6 Å². The summed E-state index contributed by atoms with van der Waals surface area (Å²) < 4.78 is 27.1. The minimum atomic E-state index is -2.56. The van der Waals surface area contributed by atoms with Crippen molar-refractivity contribution < 1.29 is 8.78 Å². The molecule has 0 N–H and O–H groups in total. The number of aromatic nitrogens is 4. The Bertz CT molecular complexity index is 1140. The summed E-state index contributed by atoms with van der Waals surface area (Å²) in [7, 11) is 0. The second-order valence-electron chi connectivity index (χ2n) is 7.16. The van der Waals surface area contributed by atoms with Crippen LogP contribution in [0.2, 0.25) is 0 Å². The zero-order valence-corrected chi connectivity index (χ0v) is 17.0. The number of alkyl halides is 2. The van der Waals surface area contributed by atoms with Crippen molar-refractivity contribution in [2.45, 2.75) is 13.1 Å². The second-order valence-corrected chi connectivity index (χ2v) is 8.10. The standard InChI is InChI=1S/C21H20F2N6S/c22-21(23)29-8-7-24-18(29)14-27-9-11-28(12-10-27)20-15-4-1-2-5-16(15)25-19(26-20)17-6-3-13-30-17/h1-8,13,21H,9-12,14H2. The summed E-state index contributed by atoms with van der Waals surface area (Å²) in [5.74, 6) is 2.06. The molecule has 1 fully saturated rings. The van der Waals surface area contributed by atoms with E-state index in [1.54, 1.807) is 11.3 Å². The molecular formula is C21H20F2N6S. The van der Waals surface area contributed by atoms with E-state index in [2.05, 4.69) is 20.9 Å². The van der Waals surface area contributed by atoms with Crippen LogP contribution in [0.3, 0.4) is 0 Å². The van der Waals surface area contributed by atoms with Crippen LogP contribution < -0.4 is 4.90 Å². The number of hydrogen-bond donors (Lipinski definition) is 0. The van der Waals surface area contributed by atoms with Gasteiger partial charge in [-0.3, -0.25) is 9.47 Å². The fourth-order valence-corrected chi connectivity index (χ4v) is 4.44. The summed E-state index contributed by atoms with van der Waals surface area (Å²) in [5.41, 5.74) is 0.923. The summed E-state index contributed by atoms with van der Waals surface area (Å²) in [6.45, 7) is 0.884. The van der Waals surface area contributed by atoms with Crippen LogP contribution in [0.5, 0.6) is 0 Å². The molecule has 30 heavy (non-hydrogen) atoms. The van der Waals surface area contributed by atoms with Gasteiger partial charge in [-0.1, -0.05) is 18.2 Å². The summed E-state index contributed by atoms with van der Waals surface area (Å²) in [6.07, 6.45) is 2.76. The molecule has 1 aliphatic heterocycles. The number of imidazole rings is 1. The Morgan fingerprint density at radius 2 is 1.83 bits per heavy atom. The molecule has 4 aromatic rings. The van der Waals surface area contributed by atoms with Crippen molar-refractivity contribution in [3.63, 3.8) is 0 Å². The first-order chi connectivity index (χ1) is 14.7. The van der Waals surface area contributed by atoms with Crippen molar-refractivity contribution in [1.82, 2.24) is 24.4 Å². The highest BCUT2D eigenvalue weighted by Crippen LogP contribution is 2.30. The highest BCUT2D eigenvalue weighted by atomic mass is 32.1. The minimum absolute atomic E-state index is 0.394. The number of benzene rings is 1. The zero-order chi connectivity index (χ0) is 20.5. The number of fused-ring (bicyclic) bond motifs is 1. The molecule has 0 atom stereocenters. The van der Waals surface area contributed by atoms with Gasteiger partial charge in [0.1, 0.15) is 11.6 Å². The Morgan fingerprint density at radius 3 is 2.60 bits per heavy atom. The van der Waals surface area contributed by atoms with Gasteiger partial charge in [0, 0.05) is 44.0 Å². The highest BCUT2D eigenvalue weighted by molar-refractivity contribution is 7.13. The Kier molecular flexibility index (Phi) is 5.14.